The number of anilines is 1. The molecule has 2 N–H and O–H groups in total. The van der Waals surface area contributed by atoms with Gasteiger partial charge < -0.3 is 15.2 Å². The molecule has 2 heterocycles. The summed E-state index contributed by atoms with van der Waals surface area (Å²) in [5.74, 6) is -0.278. The van der Waals surface area contributed by atoms with E-state index in [-0.39, 0.29) is 17.0 Å². The second-order valence-corrected chi connectivity index (χ2v) is 8.53. The molecule has 1 saturated heterocycles. The summed E-state index contributed by atoms with van der Waals surface area (Å²) in [6.45, 7) is 5.32. The van der Waals surface area contributed by atoms with E-state index in [4.69, 9.17) is 23.2 Å². The van der Waals surface area contributed by atoms with Crippen molar-refractivity contribution in [2.45, 2.75) is 6.42 Å². The Balaban J connectivity index is 1.23. The molecule has 8 heteroatoms. The number of fused-ring (bicyclic) bond motifs is 1. The quantitative estimate of drug-likeness (QED) is 0.551. The van der Waals surface area contributed by atoms with Crippen molar-refractivity contribution < 1.29 is 4.79 Å². The third-order valence-corrected chi connectivity index (χ3v) is 5.99. The minimum Gasteiger partial charge on any atom is -0.369 e. The fourth-order valence-electron chi connectivity index (χ4n) is 3.84. The van der Waals surface area contributed by atoms with E-state index in [1.54, 1.807) is 18.2 Å². The molecule has 2 aromatic carbocycles. The molecule has 1 amide bonds. The number of hydrogen-bond donors (Lipinski definition) is 2. The molecule has 31 heavy (non-hydrogen) atoms. The molecule has 6 nitrogen and oxygen atoms in total. The van der Waals surface area contributed by atoms with Crippen LogP contribution in [0.4, 0.5) is 5.69 Å². The lowest BCUT2D eigenvalue weighted by Crippen LogP contribution is -2.47. The number of nitrogens with one attached hydrogen (secondary N) is 2. The molecule has 0 spiro atoms. The average Bonchev–Trinajstić information content (AvgIpc) is 2.77. The molecule has 0 unspecified atom stereocenters. The number of benzene rings is 2. The SMILES string of the molecule is O=C(NCCCN1CCN(c2cccc(Cl)c2)CC1)c1cc(=O)c2cc(Cl)ccc2[nH]1. The van der Waals surface area contributed by atoms with Gasteiger partial charge >= 0.3 is 0 Å². The molecule has 1 aliphatic heterocycles. The van der Waals surface area contributed by atoms with Crippen molar-refractivity contribution in [3.05, 3.63) is 74.5 Å². The van der Waals surface area contributed by atoms with E-state index in [0.29, 0.717) is 22.5 Å². The Morgan fingerprint density at radius 1 is 1.00 bits per heavy atom. The third kappa shape index (κ3) is 5.39. The highest BCUT2D eigenvalue weighted by atomic mass is 35.5. The first-order chi connectivity index (χ1) is 15.0. The summed E-state index contributed by atoms with van der Waals surface area (Å²) in [4.78, 5) is 32.5. The monoisotopic (exact) mass is 458 g/mol. The summed E-state index contributed by atoms with van der Waals surface area (Å²) in [5, 5.41) is 4.62. The summed E-state index contributed by atoms with van der Waals surface area (Å²) >= 11 is 12.0. The molecule has 0 atom stereocenters. The van der Waals surface area contributed by atoms with Gasteiger partial charge in [-0.1, -0.05) is 29.3 Å². The van der Waals surface area contributed by atoms with Gasteiger partial charge in [0, 0.05) is 65.4 Å². The molecule has 0 aliphatic carbocycles. The minimum absolute atomic E-state index is 0.223. The molecule has 0 bridgehead atoms. The van der Waals surface area contributed by atoms with E-state index in [0.717, 1.165) is 49.9 Å². The number of amides is 1. The van der Waals surface area contributed by atoms with Crippen molar-refractivity contribution in [3.8, 4) is 0 Å². The molecular weight excluding hydrogens is 435 g/mol. The van der Waals surface area contributed by atoms with E-state index in [1.165, 1.54) is 6.07 Å². The first kappa shape index (κ1) is 21.7. The molecule has 162 valence electrons. The number of rotatable bonds is 6. The van der Waals surface area contributed by atoms with Gasteiger partial charge in [0.25, 0.3) is 5.91 Å². The topological polar surface area (TPSA) is 68.4 Å². The van der Waals surface area contributed by atoms with Gasteiger partial charge in [0.1, 0.15) is 5.69 Å². The first-order valence-electron chi connectivity index (χ1n) is 10.3. The normalized spacial score (nSPS) is 14.7. The lowest BCUT2D eigenvalue weighted by molar-refractivity contribution is 0.0946. The number of pyridine rings is 1. The van der Waals surface area contributed by atoms with Crippen LogP contribution in [0.5, 0.6) is 0 Å². The maximum absolute atomic E-state index is 12.4. The summed E-state index contributed by atoms with van der Waals surface area (Å²) in [7, 11) is 0. The van der Waals surface area contributed by atoms with Crippen LogP contribution in [0, 0.1) is 0 Å². The number of H-pyrrole nitrogens is 1. The van der Waals surface area contributed by atoms with E-state index in [9.17, 15) is 9.59 Å². The predicted molar refractivity (Wildman–Crippen MR) is 127 cm³/mol. The second-order valence-electron chi connectivity index (χ2n) is 7.66. The zero-order valence-electron chi connectivity index (χ0n) is 17.0. The number of hydrogen-bond acceptors (Lipinski definition) is 4. The summed E-state index contributed by atoms with van der Waals surface area (Å²) in [6.07, 6.45) is 0.844. The van der Waals surface area contributed by atoms with Gasteiger partial charge in [0.05, 0.1) is 0 Å². The maximum Gasteiger partial charge on any atom is 0.267 e. The first-order valence-corrected chi connectivity index (χ1v) is 11.1. The Morgan fingerprint density at radius 3 is 2.55 bits per heavy atom. The number of halogens is 2. The molecule has 4 rings (SSSR count). The van der Waals surface area contributed by atoms with Gasteiger partial charge in [-0.2, -0.15) is 0 Å². The molecule has 0 saturated carbocycles. The molecule has 3 aromatic rings. The number of piperazine rings is 1. The van der Waals surface area contributed by atoms with Crippen molar-refractivity contribution in [3.63, 3.8) is 0 Å². The molecule has 1 aromatic heterocycles. The van der Waals surface area contributed by atoms with Crippen LogP contribution in [0.25, 0.3) is 10.9 Å². The summed E-state index contributed by atoms with van der Waals surface area (Å²) in [5.41, 5.74) is 1.79. The lowest BCUT2D eigenvalue weighted by atomic mass is 10.2. The van der Waals surface area contributed by atoms with Gasteiger partial charge in [-0.05, 0) is 49.4 Å². The van der Waals surface area contributed by atoms with Crippen molar-refractivity contribution in [1.29, 1.82) is 0 Å². The highest BCUT2D eigenvalue weighted by molar-refractivity contribution is 6.31. The smallest absolute Gasteiger partial charge is 0.267 e. The maximum atomic E-state index is 12.4. The van der Waals surface area contributed by atoms with Crippen molar-refractivity contribution in [2.24, 2.45) is 0 Å². The fourth-order valence-corrected chi connectivity index (χ4v) is 4.20. The van der Waals surface area contributed by atoms with Crippen LogP contribution in [-0.2, 0) is 0 Å². The Labute approximate surface area is 190 Å². The van der Waals surface area contributed by atoms with E-state index >= 15 is 0 Å². The van der Waals surface area contributed by atoms with Crippen LogP contribution >= 0.6 is 23.2 Å². The summed E-state index contributed by atoms with van der Waals surface area (Å²) in [6, 6.07) is 14.3. The Morgan fingerprint density at radius 2 is 1.77 bits per heavy atom. The predicted octanol–water partition coefficient (Wildman–Crippen LogP) is 3.78. The Kier molecular flexibility index (Phi) is 6.80. The van der Waals surface area contributed by atoms with Crippen molar-refractivity contribution in [1.82, 2.24) is 15.2 Å². The zero-order valence-corrected chi connectivity index (χ0v) is 18.5. The van der Waals surface area contributed by atoms with Crippen LogP contribution in [0.1, 0.15) is 16.9 Å². The third-order valence-electron chi connectivity index (χ3n) is 5.52. The van der Waals surface area contributed by atoms with Crippen LogP contribution < -0.4 is 15.6 Å². The standard InChI is InChI=1S/C23H24Cl2N4O2/c24-16-3-1-4-18(13-16)29-11-9-28(10-12-29)8-2-7-26-23(31)21-15-22(30)19-14-17(25)5-6-20(19)27-21/h1,3-6,13-15H,2,7-12H2,(H,26,31)(H,27,30). The van der Waals surface area contributed by atoms with Crippen LogP contribution in [0.15, 0.2) is 53.3 Å². The average molecular weight is 459 g/mol. The van der Waals surface area contributed by atoms with E-state index in [2.05, 4.69) is 26.2 Å². The number of carbonyl (C=O) groups excluding carboxylic acids is 1. The zero-order chi connectivity index (χ0) is 21.8. The molecule has 1 fully saturated rings. The molecule has 0 radical (unpaired) electrons. The largest absolute Gasteiger partial charge is 0.369 e. The van der Waals surface area contributed by atoms with Gasteiger partial charge in [-0.3, -0.25) is 14.5 Å². The van der Waals surface area contributed by atoms with Crippen LogP contribution in [-0.4, -0.2) is 55.1 Å². The Hall–Kier alpha value is -2.54. The van der Waals surface area contributed by atoms with Crippen LogP contribution in [0.2, 0.25) is 10.0 Å². The van der Waals surface area contributed by atoms with Gasteiger partial charge in [0.2, 0.25) is 0 Å². The molecule has 1 aliphatic rings. The number of aromatic nitrogens is 1. The number of carbonyl (C=O) groups is 1. The van der Waals surface area contributed by atoms with E-state index in [1.807, 2.05) is 18.2 Å². The minimum atomic E-state index is -0.278. The lowest BCUT2D eigenvalue weighted by Gasteiger charge is -2.36. The van der Waals surface area contributed by atoms with Crippen LogP contribution in [0.3, 0.4) is 0 Å². The fraction of sp³-hybridized carbons (Fsp3) is 0.304. The van der Waals surface area contributed by atoms with Gasteiger partial charge in [-0.25, -0.2) is 0 Å². The summed E-state index contributed by atoms with van der Waals surface area (Å²) < 4.78 is 0. The van der Waals surface area contributed by atoms with Crippen molar-refractivity contribution in [2.75, 3.05) is 44.2 Å². The van der Waals surface area contributed by atoms with Crippen molar-refractivity contribution >= 4 is 45.7 Å². The number of aromatic amines is 1. The van der Waals surface area contributed by atoms with Gasteiger partial charge in [0.15, 0.2) is 5.43 Å². The van der Waals surface area contributed by atoms with Gasteiger partial charge in [-0.15, -0.1) is 0 Å². The second kappa shape index (κ2) is 9.73. The Bertz CT molecular complexity index is 1140. The van der Waals surface area contributed by atoms with E-state index < -0.39 is 0 Å². The highest BCUT2D eigenvalue weighted by Gasteiger charge is 2.17. The highest BCUT2D eigenvalue weighted by Crippen LogP contribution is 2.20. The molecular formula is C23H24Cl2N4O2. The number of nitrogens with zero attached hydrogens (tertiary/aromatic N) is 2.